The average molecular weight is 291 g/mol. The molecule has 1 fully saturated rings. The first kappa shape index (κ1) is 15.8. The summed E-state index contributed by atoms with van der Waals surface area (Å²) in [6.45, 7) is 3.77. The van der Waals surface area contributed by atoms with Crippen LogP contribution >= 0.6 is 0 Å². The van der Waals surface area contributed by atoms with Crippen LogP contribution in [0.4, 0.5) is 0 Å². The Labute approximate surface area is 126 Å². The molecule has 1 saturated carbocycles. The summed E-state index contributed by atoms with van der Waals surface area (Å²) in [7, 11) is 1.76. The minimum absolute atomic E-state index is 0.0819. The number of benzene rings is 1. The molecule has 0 spiro atoms. The number of aliphatic hydroxyl groups excluding tert-OH is 1. The smallest absolute Gasteiger partial charge is 0.263 e. The zero-order chi connectivity index (χ0) is 15.4. The standard InChI is InChI=1S/C17H25NO3/c1-12-8-10-14(11-9-12)21-13(2)17(20)18(3)15-6-4-5-7-16(15)19/h8-11,13,15-16,19H,4-7H2,1-3H3. The lowest BCUT2D eigenvalue weighted by molar-refractivity contribution is -0.142. The Hall–Kier alpha value is -1.55. The van der Waals surface area contributed by atoms with E-state index >= 15 is 0 Å². The second kappa shape index (κ2) is 6.94. The maximum absolute atomic E-state index is 12.4. The zero-order valence-electron chi connectivity index (χ0n) is 13.1. The summed E-state index contributed by atoms with van der Waals surface area (Å²) in [5.41, 5.74) is 1.16. The summed E-state index contributed by atoms with van der Waals surface area (Å²) in [4.78, 5) is 14.1. The molecule has 0 heterocycles. The minimum atomic E-state index is -0.549. The van der Waals surface area contributed by atoms with E-state index in [1.54, 1.807) is 18.9 Å². The van der Waals surface area contributed by atoms with Crippen LogP contribution in [0.1, 0.15) is 38.2 Å². The topological polar surface area (TPSA) is 49.8 Å². The van der Waals surface area contributed by atoms with Gasteiger partial charge in [0, 0.05) is 7.05 Å². The van der Waals surface area contributed by atoms with Gasteiger partial charge in [-0.2, -0.15) is 0 Å². The molecule has 2 rings (SSSR count). The largest absolute Gasteiger partial charge is 0.481 e. The molecule has 1 N–H and O–H groups in total. The molecule has 0 aromatic heterocycles. The summed E-state index contributed by atoms with van der Waals surface area (Å²) < 4.78 is 5.71. The van der Waals surface area contributed by atoms with Crippen LogP contribution in [0.2, 0.25) is 0 Å². The Morgan fingerprint density at radius 2 is 1.90 bits per heavy atom. The molecule has 1 aromatic rings. The van der Waals surface area contributed by atoms with Gasteiger partial charge in [0.1, 0.15) is 5.75 Å². The number of nitrogens with zero attached hydrogens (tertiary/aromatic N) is 1. The number of carbonyl (C=O) groups is 1. The first-order chi connectivity index (χ1) is 9.99. The van der Waals surface area contributed by atoms with E-state index in [-0.39, 0.29) is 11.9 Å². The van der Waals surface area contributed by atoms with Crippen molar-refractivity contribution in [3.05, 3.63) is 29.8 Å². The van der Waals surface area contributed by atoms with Gasteiger partial charge >= 0.3 is 0 Å². The van der Waals surface area contributed by atoms with Gasteiger partial charge in [0.25, 0.3) is 5.91 Å². The normalized spacial score (nSPS) is 23.4. The van der Waals surface area contributed by atoms with E-state index in [1.807, 2.05) is 31.2 Å². The van der Waals surface area contributed by atoms with Crippen LogP contribution in [0, 0.1) is 6.92 Å². The number of likely N-dealkylation sites (N-methyl/N-ethyl adjacent to an activating group) is 1. The van der Waals surface area contributed by atoms with Crippen molar-refractivity contribution in [2.75, 3.05) is 7.05 Å². The molecule has 116 valence electrons. The van der Waals surface area contributed by atoms with Gasteiger partial charge in [-0.3, -0.25) is 4.79 Å². The molecular weight excluding hydrogens is 266 g/mol. The molecule has 3 atom stereocenters. The molecule has 0 bridgehead atoms. The molecular formula is C17H25NO3. The highest BCUT2D eigenvalue weighted by molar-refractivity contribution is 5.81. The third kappa shape index (κ3) is 3.97. The van der Waals surface area contributed by atoms with Gasteiger partial charge in [-0.1, -0.05) is 30.5 Å². The summed E-state index contributed by atoms with van der Waals surface area (Å²) in [6, 6.07) is 7.57. The van der Waals surface area contributed by atoms with Crippen LogP contribution in [0.5, 0.6) is 5.75 Å². The van der Waals surface area contributed by atoms with Gasteiger partial charge in [-0.25, -0.2) is 0 Å². The van der Waals surface area contributed by atoms with Crippen molar-refractivity contribution in [3.63, 3.8) is 0 Å². The van der Waals surface area contributed by atoms with E-state index in [9.17, 15) is 9.90 Å². The van der Waals surface area contributed by atoms with E-state index in [4.69, 9.17) is 4.74 Å². The van der Waals surface area contributed by atoms with E-state index in [1.165, 1.54) is 0 Å². The monoisotopic (exact) mass is 291 g/mol. The maximum atomic E-state index is 12.4. The van der Waals surface area contributed by atoms with Crippen LogP contribution < -0.4 is 4.74 Å². The molecule has 1 aromatic carbocycles. The number of aryl methyl sites for hydroxylation is 1. The Morgan fingerprint density at radius 1 is 1.29 bits per heavy atom. The van der Waals surface area contributed by atoms with Gasteiger partial charge in [0.2, 0.25) is 0 Å². The van der Waals surface area contributed by atoms with Crippen molar-refractivity contribution in [2.24, 2.45) is 0 Å². The molecule has 4 nitrogen and oxygen atoms in total. The molecule has 1 aliphatic rings. The van der Waals surface area contributed by atoms with Crippen molar-refractivity contribution in [1.29, 1.82) is 0 Å². The molecule has 4 heteroatoms. The van der Waals surface area contributed by atoms with Gasteiger partial charge in [-0.15, -0.1) is 0 Å². The number of amides is 1. The van der Waals surface area contributed by atoms with E-state index in [2.05, 4.69) is 0 Å². The number of aliphatic hydroxyl groups is 1. The van der Waals surface area contributed by atoms with Crippen LogP contribution in [0.25, 0.3) is 0 Å². The predicted octanol–water partition coefficient (Wildman–Crippen LogP) is 2.52. The lowest BCUT2D eigenvalue weighted by Crippen LogP contribution is -2.50. The van der Waals surface area contributed by atoms with Gasteiger partial charge in [0.05, 0.1) is 12.1 Å². The number of ether oxygens (including phenoxy) is 1. The van der Waals surface area contributed by atoms with Crippen LogP contribution in [-0.2, 0) is 4.79 Å². The van der Waals surface area contributed by atoms with Crippen molar-refractivity contribution in [2.45, 2.75) is 57.8 Å². The quantitative estimate of drug-likeness (QED) is 0.927. The summed E-state index contributed by atoms with van der Waals surface area (Å²) in [5, 5.41) is 10.1. The fourth-order valence-corrected chi connectivity index (χ4v) is 2.87. The summed E-state index contributed by atoms with van der Waals surface area (Å²) >= 11 is 0. The highest BCUT2D eigenvalue weighted by atomic mass is 16.5. The number of carbonyl (C=O) groups excluding carboxylic acids is 1. The van der Waals surface area contributed by atoms with E-state index < -0.39 is 12.2 Å². The Balaban J connectivity index is 1.96. The Morgan fingerprint density at radius 3 is 2.52 bits per heavy atom. The fraction of sp³-hybridized carbons (Fsp3) is 0.588. The lowest BCUT2D eigenvalue weighted by atomic mass is 9.91. The summed E-state index contributed by atoms with van der Waals surface area (Å²) in [6.07, 6.45) is 2.77. The molecule has 21 heavy (non-hydrogen) atoms. The number of hydrogen-bond donors (Lipinski definition) is 1. The third-order valence-corrected chi connectivity index (χ3v) is 4.22. The van der Waals surface area contributed by atoms with Crippen molar-refractivity contribution in [1.82, 2.24) is 4.90 Å². The van der Waals surface area contributed by atoms with Gasteiger partial charge in [-0.05, 0) is 38.8 Å². The molecule has 0 saturated heterocycles. The van der Waals surface area contributed by atoms with Crippen LogP contribution in [0.3, 0.4) is 0 Å². The molecule has 3 unspecified atom stereocenters. The van der Waals surface area contributed by atoms with Crippen molar-refractivity contribution >= 4 is 5.91 Å². The zero-order valence-corrected chi connectivity index (χ0v) is 13.1. The van der Waals surface area contributed by atoms with E-state index in [0.29, 0.717) is 5.75 Å². The average Bonchev–Trinajstić information content (AvgIpc) is 2.48. The molecule has 0 aliphatic heterocycles. The van der Waals surface area contributed by atoms with E-state index in [0.717, 1.165) is 31.2 Å². The highest BCUT2D eigenvalue weighted by Gasteiger charge is 2.31. The minimum Gasteiger partial charge on any atom is -0.481 e. The second-order valence-corrected chi connectivity index (χ2v) is 5.94. The van der Waals surface area contributed by atoms with Crippen molar-refractivity contribution in [3.8, 4) is 5.75 Å². The number of hydrogen-bond acceptors (Lipinski definition) is 3. The fourth-order valence-electron chi connectivity index (χ4n) is 2.87. The molecule has 0 radical (unpaired) electrons. The highest BCUT2D eigenvalue weighted by Crippen LogP contribution is 2.23. The molecule has 1 aliphatic carbocycles. The Kier molecular flexibility index (Phi) is 5.23. The van der Waals surface area contributed by atoms with Gasteiger partial charge < -0.3 is 14.7 Å². The predicted molar refractivity (Wildman–Crippen MR) is 82.3 cm³/mol. The summed E-state index contributed by atoms with van der Waals surface area (Å²) in [5.74, 6) is 0.612. The Bertz CT molecular complexity index is 471. The molecule has 1 amide bonds. The van der Waals surface area contributed by atoms with Gasteiger partial charge in [0.15, 0.2) is 6.10 Å². The van der Waals surface area contributed by atoms with Crippen LogP contribution in [-0.4, -0.2) is 41.2 Å². The maximum Gasteiger partial charge on any atom is 0.263 e. The lowest BCUT2D eigenvalue weighted by Gasteiger charge is -2.36. The van der Waals surface area contributed by atoms with Crippen LogP contribution in [0.15, 0.2) is 24.3 Å². The number of rotatable bonds is 4. The van der Waals surface area contributed by atoms with Crippen molar-refractivity contribution < 1.29 is 14.6 Å². The third-order valence-electron chi connectivity index (χ3n) is 4.22. The SMILES string of the molecule is Cc1ccc(OC(C)C(=O)N(C)C2CCCCC2O)cc1. The second-order valence-electron chi connectivity index (χ2n) is 5.94. The first-order valence-corrected chi connectivity index (χ1v) is 7.67. The first-order valence-electron chi connectivity index (χ1n) is 7.67.